The van der Waals surface area contributed by atoms with Crippen molar-refractivity contribution in [3.63, 3.8) is 0 Å². The van der Waals surface area contributed by atoms with Crippen LogP contribution in [0.4, 0.5) is 28.8 Å². The Bertz CT molecular complexity index is 1430. The second kappa shape index (κ2) is 12.7. The van der Waals surface area contributed by atoms with Crippen molar-refractivity contribution < 1.29 is 29.1 Å². The van der Waals surface area contributed by atoms with E-state index in [1.165, 1.54) is 45.8 Å². The molecule has 2 aromatic heterocycles. The van der Waals surface area contributed by atoms with E-state index in [2.05, 4.69) is 25.6 Å². The number of nitro groups is 1. The second-order valence-electron chi connectivity index (χ2n) is 8.77. The third-order valence-electron chi connectivity index (χ3n) is 5.86. The van der Waals surface area contributed by atoms with E-state index in [1.54, 1.807) is 18.0 Å². The molecule has 0 fully saturated rings. The van der Waals surface area contributed by atoms with E-state index in [0.717, 1.165) is 0 Å². The first kappa shape index (κ1) is 29.5. The molecule has 1 aromatic carbocycles. The summed E-state index contributed by atoms with van der Waals surface area (Å²) in [6.07, 6.45) is 2.55. The maximum atomic E-state index is 12.5. The zero-order chi connectivity index (χ0) is 29.6. The summed E-state index contributed by atoms with van der Waals surface area (Å²) in [5.74, 6) is -1.63. The van der Waals surface area contributed by atoms with Crippen LogP contribution in [-0.2, 0) is 4.74 Å². The highest BCUT2D eigenvalue weighted by molar-refractivity contribution is 5.98. The molecule has 212 valence electrons. The third-order valence-corrected chi connectivity index (χ3v) is 5.86. The standard InChI is InChI=1S/C25H30N8O7/c1-26-22-15(23(34)35)9-14(12-27-22)21-16(24(36)40-6)13-28-25(30-21)29-17-10-19(33(37)38)18(11-20(17)39-5)32(4)8-7-31(2)3/h9-13H,7-8H2,1-6H3,(H,26,27)(H,34,35)(H,28,29,30). The maximum absolute atomic E-state index is 12.5. The maximum Gasteiger partial charge on any atom is 0.341 e. The summed E-state index contributed by atoms with van der Waals surface area (Å²) < 4.78 is 10.3. The van der Waals surface area contributed by atoms with E-state index >= 15 is 0 Å². The lowest BCUT2D eigenvalue weighted by Gasteiger charge is -2.22. The van der Waals surface area contributed by atoms with Crippen molar-refractivity contribution in [2.24, 2.45) is 0 Å². The molecular weight excluding hydrogens is 524 g/mol. The second-order valence-corrected chi connectivity index (χ2v) is 8.77. The van der Waals surface area contributed by atoms with Gasteiger partial charge in [-0.25, -0.2) is 24.5 Å². The summed E-state index contributed by atoms with van der Waals surface area (Å²) in [6, 6.07) is 4.16. The summed E-state index contributed by atoms with van der Waals surface area (Å²) in [6.45, 7) is 1.21. The van der Waals surface area contributed by atoms with Crippen molar-refractivity contribution in [2.45, 2.75) is 0 Å². The molecule has 0 radical (unpaired) electrons. The van der Waals surface area contributed by atoms with Crippen molar-refractivity contribution >= 4 is 40.8 Å². The minimum absolute atomic E-state index is 0.0375. The number of methoxy groups -OCH3 is 2. The molecule has 0 bridgehead atoms. The largest absolute Gasteiger partial charge is 0.494 e. The number of rotatable bonds is 12. The molecule has 0 saturated carbocycles. The van der Waals surface area contributed by atoms with Gasteiger partial charge in [0.15, 0.2) is 0 Å². The predicted octanol–water partition coefficient (Wildman–Crippen LogP) is 2.72. The molecule has 0 aliphatic heterocycles. The minimum atomic E-state index is -1.24. The first-order valence-corrected chi connectivity index (χ1v) is 11.9. The molecule has 3 aromatic rings. The quantitative estimate of drug-likeness (QED) is 0.168. The summed E-state index contributed by atoms with van der Waals surface area (Å²) in [7, 11) is 9.69. The molecule has 0 atom stereocenters. The number of pyridine rings is 1. The molecule has 40 heavy (non-hydrogen) atoms. The smallest absolute Gasteiger partial charge is 0.341 e. The van der Waals surface area contributed by atoms with E-state index < -0.39 is 16.9 Å². The Morgan fingerprint density at radius 3 is 2.38 bits per heavy atom. The van der Waals surface area contributed by atoms with Gasteiger partial charge in [-0.15, -0.1) is 0 Å². The number of hydrogen-bond donors (Lipinski definition) is 3. The third kappa shape index (κ3) is 6.50. The Balaban J connectivity index is 2.11. The van der Waals surface area contributed by atoms with Crippen molar-refractivity contribution in [3.8, 4) is 17.0 Å². The zero-order valence-corrected chi connectivity index (χ0v) is 22.9. The van der Waals surface area contributed by atoms with Gasteiger partial charge >= 0.3 is 11.9 Å². The van der Waals surface area contributed by atoms with Gasteiger partial charge < -0.3 is 35.0 Å². The molecule has 2 heterocycles. The number of aromatic carboxylic acids is 1. The van der Waals surface area contributed by atoms with Crippen LogP contribution < -0.4 is 20.3 Å². The zero-order valence-electron chi connectivity index (χ0n) is 22.9. The molecule has 3 N–H and O–H groups in total. The fraction of sp³-hybridized carbons (Fsp3) is 0.320. The average molecular weight is 555 g/mol. The number of likely N-dealkylation sites (N-methyl/N-ethyl adjacent to an activating group) is 2. The monoisotopic (exact) mass is 554 g/mol. The number of carboxylic acid groups (broad SMARTS) is 1. The molecule has 0 amide bonds. The molecule has 3 rings (SSSR count). The Morgan fingerprint density at radius 1 is 1.07 bits per heavy atom. The van der Waals surface area contributed by atoms with Gasteiger partial charge in [-0.2, -0.15) is 0 Å². The van der Waals surface area contributed by atoms with Crippen LogP contribution in [-0.4, -0.2) is 97.3 Å². The fourth-order valence-corrected chi connectivity index (χ4v) is 3.75. The number of carbonyl (C=O) groups excluding carboxylic acids is 1. The molecule has 0 spiro atoms. The van der Waals surface area contributed by atoms with Crippen LogP contribution in [0.3, 0.4) is 0 Å². The highest BCUT2D eigenvalue weighted by Gasteiger charge is 2.24. The van der Waals surface area contributed by atoms with Crippen LogP contribution in [0.25, 0.3) is 11.3 Å². The lowest BCUT2D eigenvalue weighted by molar-refractivity contribution is -0.384. The van der Waals surface area contributed by atoms with Gasteiger partial charge in [0.2, 0.25) is 5.95 Å². The fourth-order valence-electron chi connectivity index (χ4n) is 3.75. The SMILES string of the molecule is CNc1ncc(-c2nc(Nc3cc([N+](=O)[O-])c(N(C)CCN(C)C)cc3OC)ncc2C(=O)OC)cc1C(=O)O. The van der Waals surface area contributed by atoms with Gasteiger partial charge in [-0.3, -0.25) is 10.1 Å². The van der Waals surface area contributed by atoms with E-state index in [1.807, 2.05) is 19.0 Å². The van der Waals surface area contributed by atoms with Gasteiger partial charge in [-0.05, 0) is 20.2 Å². The number of anilines is 4. The van der Waals surface area contributed by atoms with Gasteiger partial charge in [0.05, 0.1) is 30.5 Å². The molecule has 0 saturated heterocycles. The normalized spacial score (nSPS) is 10.7. The number of carboxylic acids is 1. The van der Waals surface area contributed by atoms with Crippen molar-refractivity contribution in [1.29, 1.82) is 0 Å². The minimum Gasteiger partial charge on any atom is -0.494 e. The predicted molar refractivity (Wildman–Crippen MR) is 148 cm³/mol. The van der Waals surface area contributed by atoms with Crippen LogP contribution >= 0.6 is 0 Å². The molecule has 0 aliphatic carbocycles. The summed E-state index contributed by atoms with van der Waals surface area (Å²) in [5.41, 5.74) is 0.441. The molecule has 15 heteroatoms. The highest BCUT2D eigenvalue weighted by Crippen LogP contribution is 2.39. The number of nitrogens with one attached hydrogen (secondary N) is 2. The van der Waals surface area contributed by atoms with E-state index in [0.29, 0.717) is 18.8 Å². The Morgan fingerprint density at radius 2 is 1.80 bits per heavy atom. The number of esters is 1. The van der Waals surface area contributed by atoms with Crippen LogP contribution in [0.1, 0.15) is 20.7 Å². The first-order chi connectivity index (χ1) is 19.0. The number of nitrogens with zero attached hydrogens (tertiary/aromatic N) is 6. The number of aromatic nitrogens is 3. The summed E-state index contributed by atoms with van der Waals surface area (Å²) >= 11 is 0. The van der Waals surface area contributed by atoms with Crippen LogP contribution in [0.2, 0.25) is 0 Å². The van der Waals surface area contributed by atoms with Gasteiger partial charge in [0.25, 0.3) is 5.69 Å². The molecule has 0 aliphatic rings. The lowest BCUT2D eigenvalue weighted by Crippen LogP contribution is -2.29. The van der Waals surface area contributed by atoms with Crippen molar-refractivity contribution in [3.05, 3.63) is 51.8 Å². The van der Waals surface area contributed by atoms with Crippen molar-refractivity contribution in [2.75, 3.05) is 71.0 Å². The number of benzene rings is 1. The van der Waals surface area contributed by atoms with Crippen molar-refractivity contribution in [1.82, 2.24) is 19.9 Å². The Labute approximate surface area is 229 Å². The van der Waals surface area contributed by atoms with Gasteiger partial charge in [0.1, 0.15) is 28.4 Å². The van der Waals surface area contributed by atoms with E-state index in [9.17, 15) is 24.8 Å². The average Bonchev–Trinajstić information content (AvgIpc) is 2.94. The van der Waals surface area contributed by atoms with Crippen LogP contribution in [0.15, 0.2) is 30.6 Å². The number of ether oxygens (including phenoxy) is 2. The Kier molecular flexibility index (Phi) is 9.34. The number of nitro benzene ring substituents is 1. The number of hydrogen-bond acceptors (Lipinski definition) is 13. The van der Waals surface area contributed by atoms with Gasteiger partial charge in [-0.1, -0.05) is 0 Å². The Hall–Kier alpha value is -5.05. The number of carbonyl (C=O) groups is 2. The first-order valence-electron chi connectivity index (χ1n) is 11.9. The molecular formula is C25H30N8O7. The van der Waals surface area contributed by atoms with E-state index in [4.69, 9.17) is 9.47 Å². The van der Waals surface area contributed by atoms with Crippen LogP contribution in [0, 0.1) is 10.1 Å². The highest BCUT2D eigenvalue weighted by atomic mass is 16.6. The molecule has 0 unspecified atom stereocenters. The van der Waals surface area contributed by atoms with E-state index in [-0.39, 0.29) is 51.3 Å². The summed E-state index contributed by atoms with van der Waals surface area (Å²) in [5, 5.41) is 27.2. The van der Waals surface area contributed by atoms with Gasteiger partial charge in [0, 0.05) is 57.3 Å². The lowest BCUT2D eigenvalue weighted by atomic mass is 10.1. The summed E-state index contributed by atoms with van der Waals surface area (Å²) in [4.78, 5) is 52.1. The van der Waals surface area contributed by atoms with Crippen LogP contribution in [0.5, 0.6) is 5.75 Å². The topological polar surface area (TPSA) is 185 Å². The molecule has 15 nitrogen and oxygen atoms in total.